The van der Waals surface area contributed by atoms with Gasteiger partial charge >= 0.3 is 6.36 Å². The van der Waals surface area contributed by atoms with E-state index >= 15 is 0 Å². The monoisotopic (exact) mass is 530 g/mol. The molecule has 2 heterocycles. The molecule has 0 saturated carbocycles. The Morgan fingerprint density at radius 2 is 1.81 bits per heavy atom. The third-order valence-electron chi connectivity index (χ3n) is 5.63. The molecule has 14 heteroatoms. The summed E-state index contributed by atoms with van der Waals surface area (Å²) in [5.41, 5.74) is 0.292. The number of nitrogens with zero attached hydrogens (tertiary/aromatic N) is 3. The van der Waals surface area contributed by atoms with Crippen LogP contribution < -0.4 is 10.1 Å². The summed E-state index contributed by atoms with van der Waals surface area (Å²) >= 11 is 0. The van der Waals surface area contributed by atoms with Gasteiger partial charge in [-0.15, -0.1) is 13.2 Å². The Hall–Kier alpha value is -3.52. The van der Waals surface area contributed by atoms with Gasteiger partial charge in [0.2, 0.25) is 5.91 Å². The van der Waals surface area contributed by atoms with E-state index in [0.29, 0.717) is 17.7 Å². The van der Waals surface area contributed by atoms with Crippen LogP contribution in [-0.4, -0.2) is 47.6 Å². The number of aryl methyl sites for hydroxylation is 1. The second-order valence-electron chi connectivity index (χ2n) is 8.15. The number of anilines is 1. The minimum Gasteiger partial charge on any atom is -0.403 e. The topological polar surface area (TPSA) is 93.5 Å². The first-order valence-corrected chi connectivity index (χ1v) is 11.9. The van der Waals surface area contributed by atoms with Gasteiger partial charge in [0.25, 0.3) is 10.0 Å². The van der Waals surface area contributed by atoms with Crippen LogP contribution in [0.1, 0.15) is 11.5 Å². The molecule has 1 aliphatic rings. The minimum atomic E-state index is -5.15. The summed E-state index contributed by atoms with van der Waals surface area (Å²) in [6.07, 6.45) is -2.54. The van der Waals surface area contributed by atoms with Crippen LogP contribution in [0.25, 0.3) is 0 Å². The number of imidazole rings is 1. The summed E-state index contributed by atoms with van der Waals surface area (Å²) in [5, 5.41) is 2.17. The Balaban J connectivity index is 1.62. The number of alkyl halides is 3. The van der Waals surface area contributed by atoms with Crippen molar-refractivity contribution in [1.82, 2.24) is 13.9 Å². The summed E-state index contributed by atoms with van der Waals surface area (Å²) in [4.78, 5) is 17.0. The molecule has 2 atom stereocenters. The van der Waals surface area contributed by atoms with Gasteiger partial charge < -0.3 is 14.6 Å². The molecule has 1 aromatic heterocycles. The third kappa shape index (κ3) is 5.49. The lowest BCUT2D eigenvalue weighted by Crippen LogP contribution is -2.32. The molecule has 0 spiro atoms. The van der Waals surface area contributed by atoms with Crippen LogP contribution in [-0.2, 0) is 21.9 Å². The van der Waals surface area contributed by atoms with Crippen molar-refractivity contribution in [2.24, 2.45) is 13.0 Å². The summed E-state index contributed by atoms with van der Waals surface area (Å²) in [7, 11) is -2.50. The summed E-state index contributed by atoms with van der Waals surface area (Å²) < 4.78 is 97.3. The third-order valence-corrected chi connectivity index (χ3v) is 7.35. The zero-order valence-electron chi connectivity index (χ0n) is 18.5. The smallest absolute Gasteiger partial charge is 0.403 e. The fraction of sp³-hybridized carbons (Fsp3) is 0.273. The second kappa shape index (κ2) is 9.50. The first-order valence-electron chi connectivity index (χ1n) is 10.4. The van der Waals surface area contributed by atoms with E-state index in [1.54, 1.807) is 7.05 Å². The van der Waals surface area contributed by atoms with E-state index in [4.69, 9.17) is 0 Å². The molecular formula is C22H19F5N4O4S. The number of hydrogen-bond acceptors (Lipinski definition) is 5. The molecule has 192 valence electrons. The average Bonchev–Trinajstić information content (AvgIpc) is 3.43. The molecule has 2 aromatic carbocycles. The molecule has 1 aliphatic heterocycles. The standard InChI is InChI=1S/C22H19F5N4O4S/c1-30-11-20(28-12-30)36(33,34)31-9-16(13-2-4-14(23)5-3-13)17(10-31)21(32)29-15-6-7-18(24)19(8-15)35-22(25,26)27/h2-8,11-12,16-17H,9-10H2,1H3,(H,29,32)/t16-,17+/m0/s1. The van der Waals surface area contributed by atoms with Crippen molar-refractivity contribution in [3.8, 4) is 5.75 Å². The molecule has 36 heavy (non-hydrogen) atoms. The molecule has 8 nitrogen and oxygen atoms in total. The number of nitrogens with one attached hydrogen (secondary N) is 1. The Labute approximate surface area is 202 Å². The zero-order valence-corrected chi connectivity index (χ0v) is 19.4. The summed E-state index contributed by atoms with van der Waals surface area (Å²) in [6.45, 7) is -0.408. The number of carbonyl (C=O) groups is 1. The quantitative estimate of drug-likeness (QED) is 0.492. The second-order valence-corrected chi connectivity index (χ2v) is 10.0. The number of sulfonamides is 1. The van der Waals surface area contributed by atoms with E-state index in [2.05, 4.69) is 15.0 Å². The Morgan fingerprint density at radius 3 is 2.42 bits per heavy atom. The maximum Gasteiger partial charge on any atom is 0.573 e. The van der Waals surface area contributed by atoms with E-state index in [1.807, 2.05) is 0 Å². The van der Waals surface area contributed by atoms with Gasteiger partial charge in [0.15, 0.2) is 16.6 Å². The molecule has 3 aromatic rings. The van der Waals surface area contributed by atoms with Crippen molar-refractivity contribution in [3.63, 3.8) is 0 Å². The van der Waals surface area contributed by atoms with Gasteiger partial charge in [-0.3, -0.25) is 4.79 Å². The number of halogens is 5. The first kappa shape index (κ1) is 25.6. The van der Waals surface area contributed by atoms with E-state index in [0.717, 1.165) is 10.4 Å². The number of ether oxygens (including phenoxy) is 1. The fourth-order valence-electron chi connectivity index (χ4n) is 3.95. The molecule has 1 N–H and O–H groups in total. The zero-order chi connectivity index (χ0) is 26.3. The Bertz CT molecular complexity index is 1380. The highest BCUT2D eigenvalue weighted by molar-refractivity contribution is 7.89. The predicted molar refractivity (Wildman–Crippen MR) is 116 cm³/mol. The molecule has 1 saturated heterocycles. The highest BCUT2D eigenvalue weighted by atomic mass is 32.2. The first-order chi connectivity index (χ1) is 16.8. The molecule has 0 aliphatic carbocycles. The highest BCUT2D eigenvalue weighted by Crippen LogP contribution is 2.37. The van der Waals surface area contributed by atoms with Crippen molar-refractivity contribution >= 4 is 21.6 Å². The van der Waals surface area contributed by atoms with E-state index in [9.17, 15) is 35.2 Å². The average molecular weight is 530 g/mol. The fourth-order valence-corrected chi connectivity index (χ4v) is 5.41. The van der Waals surface area contributed by atoms with Crippen molar-refractivity contribution in [1.29, 1.82) is 0 Å². The number of carbonyl (C=O) groups excluding carboxylic acids is 1. The van der Waals surface area contributed by atoms with E-state index in [-0.39, 0.29) is 23.8 Å². The maximum atomic E-state index is 13.8. The molecule has 1 amide bonds. The van der Waals surface area contributed by atoms with Gasteiger partial charge in [0.05, 0.1) is 12.2 Å². The van der Waals surface area contributed by atoms with Gasteiger partial charge in [-0.25, -0.2) is 22.2 Å². The molecular weight excluding hydrogens is 511 g/mol. The van der Waals surface area contributed by atoms with Crippen molar-refractivity contribution in [2.75, 3.05) is 18.4 Å². The van der Waals surface area contributed by atoms with Crippen LogP contribution >= 0.6 is 0 Å². The predicted octanol–water partition coefficient (Wildman–Crippen LogP) is 3.64. The number of rotatable bonds is 6. The molecule has 0 unspecified atom stereocenters. The number of aromatic nitrogens is 2. The van der Waals surface area contributed by atoms with Crippen LogP contribution in [0.2, 0.25) is 0 Å². The number of hydrogen-bond donors (Lipinski definition) is 1. The van der Waals surface area contributed by atoms with Crippen molar-refractivity contribution in [2.45, 2.75) is 17.3 Å². The molecule has 0 radical (unpaired) electrons. The van der Waals surface area contributed by atoms with E-state index in [1.165, 1.54) is 41.4 Å². The largest absolute Gasteiger partial charge is 0.573 e. The van der Waals surface area contributed by atoms with Crippen molar-refractivity contribution in [3.05, 3.63) is 72.2 Å². The molecule has 4 rings (SSSR count). The summed E-state index contributed by atoms with van der Waals surface area (Å²) in [6, 6.07) is 7.59. The number of amides is 1. The molecule has 0 bridgehead atoms. The van der Waals surface area contributed by atoms with Crippen LogP contribution in [0, 0.1) is 17.6 Å². The van der Waals surface area contributed by atoms with E-state index < -0.39 is 51.5 Å². The van der Waals surface area contributed by atoms with Gasteiger partial charge in [0, 0.05) is 44.0 Å². The maximum absolute atomic E-state index is 13.8. The van der Waals surface area contributed by atoms with Crippen LogP contribution in [0.3, 0.4) is 0 Å². The minimum absolute atomic E-state index is 0.130. The Morgan fingerprint density at radius 1 is 1.11 bits per heavy atom. The van der Waals surface area contributed by atoms with Gasteiger partial charge in [-0.1, -0.05) is 12.1 Å². The lowest BCUT2D eigenvalue weighted by molar-refractivity contribution is -0.275. The Kier molecular flexibility index (Phi) is 6.75. The van der Waals surface area contributed by atoms with Crippen LogP contribution in [0.5, 0.6) is 5.75 Å². The van der Waals surface area contributed by atoms with Gasteiger partial charge in [0.1, 0.15) is 5.82 Å². The normalized spacial score (nSPS) is 18.8. The lowest BCUT2D eigenvalue weighted by atomic mass is 9.88. The van der Waals surface area contributed by atoms with Gasteiger partial charge in [-0.2, -0.15) is 4.31 Å². The van der Waals surface area contributed by atoms with Crippen LogP contribution in [0.4, 0.5) is 27.6 Å². The highest BCUT2D eigenvalue weighted by Gasteiger charge is 2.44. The molecule has 1 fully saturated rings. The van der Waals surface area contributed by atoms with Gasteiger partial charge in [-0.05, 0) is 29.8 Å². The van der Waals surface area contributed by atoms with Crippen LogP contribution in [0.15, 0.2) is 60.0 Å². The number of benzene rings is 2. The SMILES string of the molecule is Cn1cnc(S(=O)(=O)N2C[C@@H](C(=O)Nc3ccc(F)c(OC(F)(F)F)c3)[C@H](c3ccc(F)cc3)C2)c1. The van der Waals surface area contributed by atoms with Crippen molar-refractivity contribution < 1.29 is 39.9 Å². The summed E-state index contributed by atoms with van der Waals surface area (Å²) in [5.74, 6) is -5.41. The lowest BCUT2D eigenvalue weighted by Gasteiger charge is -2.19.